The van der Waals surface area contributed by atoms with Crippen LogP contribution in [0.25, 0.3) is 0 Å². The molecule has 2 amide bonds. The van der Waals surface area contributed by atoms with Crippen LogP contribution in [0.3, 0.4) is 0 Å². The van der Waals surface area contributed by atoms with Crippen LogP contribution in [-0.4, -0.2) is 35.4 Å². The molecule has 0 fully saturated rings. The number of ether oxygens (including phenoxy) is 1. The summed E-state index contributed by atoms with van der Waals surface area (Å²) >= 11 is 9.79. The Morgan fingerprint density at radius 3 is 2.22 bits per heavy atom. The standard InChI is InChI=1S/C29H32BrClN2O3/c1-19(2)32-29(35)26(16-22-9-6-5-7-10-22)33(17-23-11-8-12-24(30)15-23)27(34)18-36-25-13-20(3)28(31)21(4)14-25/h5-15,19,26H,16-18H2,1-4H3,(H,32,35)/t26-/m1/s1. The van der Waals surface area contributed by atoms with E-state index in [4.69, 9.17) is 16.3 Å². The first-order valence-electron chi connectivity index (χ1n) is 11.9. The minimum atomic E-state index is -0.710. The summed E-state index contributed by atoms with van der Waals surface area (Å²) in [4.78, 5) is 28.7. The summed E-state index contributed by atoms with van der Waals surface area (Å²) < 4.78 is 6.80. The summed E-state index contributed by atoms with van der Waals surface area (Å²) in [5.41, 5.74) is 3.64. The fourth-order valence-electron chi connectivity index (χ4n) is 3.98. The van der Waals surface area contributed by atoms with Gasteiger partial charge in [-0.2, -0.15) is 0 Å². The molecule has 0 saturated carbocycles. The molecule has 0 spiro atoms. The van der Waals surface area contributed by atoms with Crippen LogP contribution in [0.15, 0.2) is 71.2 Å². The van der Waals surface area contributed by atoms with Gasteiger partial charge in [0, 0.05) is 28.5 Å². The molecule has 0 heterocycles. The number of halogens is 2. The third-order valence-corrected chi connectivity index (χ3v) is 6.81. The van der Waals surface area contributed by atoms with Gasteiger partial charge in [0.1, 0.15) is 11.8 Å². The van der Waals surface area contributed by atoms with Gasteiger partial charge >= 0.3 is 0 Å². The third kappa shape index (κ3) is 7.84. The quantitative estimate of drug-likeness (QED) is 0.312. The predicted octanol–water partition coefficient (Wildman–Crippen LogP) is 6.26. The first kappa shape index (κ1) is 27.8. The number of hydrogen-bond acceptors (Lipinski definition) is 3. The van der Waals surface area contributed by atoms with E-state index in [2.05, 4.69) is 21.2 Å². The Morgan fingerprint density at radius 1 is 0.972 bits per heavy atom. The second-order valence-corrected chi connectivity index (χ2v) is 10.5. The minimum Gasteiger partial charge on any atom is -0.484 e. The highest BCUT2D eigenvalue weighted by atomic mass is 79.9. The molecule has 0 aliphatic rings. The maximum absolute atomic E-state index is 13.6. The van der Waals surface area contributed by atoms with E-state index in [-0.39, 0.29) is 31.0 Å². The van der Waals surface area contributed by atoms with Crippen LogP contribution in [0.2, 0.25) is 5.02 Å². The van der Waals surface area contributed by atoms with E-state index in [0.29, 0.717) is 17.2 Å². The van der Waals surface area contributed by atoms with E-state index in [1.165, 1.54) is 0 Å². The van der Waals surface area contributed by atoms with E-state index in [9.17, 15) is 9.59 Å². The fraction of sp³-hybridized carbons (Fsp3) is 0.310. The van der Waals surface area contributed by atoms with Crippen molar-refractivity contribution in [3.8, 4) is 5.75 Å². The second-order valence-electron chi connectivity index (χ2n) is 9.18. The SMILES string of the molecule is Cc1cc(OCC(=O)N(Cc2cccc(Br)c2)[C@H](Cc2ccccc2)C(=O)NC(C)C)cc(C)c1Cl. The van der Waals surface area contributed by atoms with Gasteiger partial charge in [-0.05, 0) is 74.2 Å². The summed E-state index contributed by atoms with van der Waals surface area (Å²) in [6.07, 6.45) is 0.387. The normalized spacial score (nSPS) is 11.8. The van der Waals surface area contributed by atoms with Crippen molar-refractivity contribution in [2.75, 3.05) is 6.61 Å². The van der Waals surface area contributed by atoms with Crippen LogP contribution >= 0.6 is 27.5 Å². The van der Waals surface area contributed by atoms with Crippen LogP contribution in [0, 0.1) is 13.8 Å². The Labute approximate surface area is 226 Å². The zero-order chi connectivity index (χ0) is 26.2. The summed E-state index contributed by atoms with van der Waals surface area (Å²) in [5.74, 6) is 0.0897. The van der Waals surface area contributed by atoms with Gasteiger partial charge in [0.05, 0.1) is 0 Å². The highest BCUT2D eigenvalue weighted by Gasteiger charge is 2.31. The molecular formula is C29H32BrClN2O3. The number of benzene rings is 3. The molecule has 0 aliphatic heterocycles. The molecule has 0 radical (unpaired) electrons. The van der Waals surface area contributed by atoms with Crippen molar-refractivity contribution in [2.45, 2.75) is 52.7 Å². The average Bonchev–Trinajstić information content (AvgIpc) is 2.83. The molecule has 0 aromatic heterocycles. The number of aryl methyl sites for hydroxylation is 2. The Morgan fingerprint density at radius 2 is 1.61 bits per heavy atom. The van der Waals surface area contributed by atoms with Gasteiger partial charge in [0.25, 0.3) is 5.91 Å². The molecule has 0 unspecified atom stereocenters. The van der Waals surface area contributed by atoms with E-state index in [1.54, 1.807) is 4.90 Å². The molecule has 36 heavy (non-hydrogen) atoms. The lowest BCUT2D eigenvalue weighted by atomic mass is 10.0. The lowest BCUT2D eigenvalue weighted by Crippen LogP contribution is -2.52. The molecule has 0 aliphatic carbocycles. The maximum atomic E-state index is 13.6. The number of nitrogens with zero attached hydrogens (tertiary/aromatic N) is 1. The van der Waals surface area contributed by atoms with Crippen LogP contribution < -0.4 is 10.1 Å². The minimum absolute atomic E-state index is 0.0603. The maximum Gasteiger partial charge on any atom is 0.261 e. The molecule has 5 nitrogen and oxygen atoms in total. The molecule has 1 atom stereocenters. The highest BCUT2D eigenvalue weighted by Crippen LogP contribution is 2.26. The van der Waals surface area contributed by atoms with Crippen molar-refractivity contribution in [1.82, 2.24) is 10.2 Å². The molecule has 0 bridgehead atoms. The summed E-state index contributed by atoms with van der Waals surface area (Å²) in [5, 5.41) is 3.67. The highest BCUT2D eigenvalue weighted by molar-refractivity contribution is 9.10. The summed E-state index contributed by atoms with van der Waals surface area (Å²) in [7, 11) is 0. The smallest absolute Gasteiger partial charge is 0.261 e. The number of hydrogen-bond donors (Lipinski definition) is 1. The fourth-order valence-corrected chi connectivity index (χ4v) is 4.54. The zero-order valence-electron chi connectivity index (χ0n) is 21.1. The van der Waals surface area contributed by atoms with Crippen molar-refractivity contribution in [3.05, 3.63) is 98.5 Å². The number of nitrogens with one attached hydrogen (secondary N) is 1. The topological polar surface area (TPSA) is 58.6 Å². The monoisotopic (exact) mass is 570 g/mol. The van der Waals surface area contributed by atoms with Gasteiger partial charge in [-0.3, -0.25) is 9.59 Å². The van der Waals surface area contributed by atoms with Crippen LogP contribution in [0.5, 0.6) is 5.75 Å². The summed E-state index contributed by atoms with van der Waals surface area (Å²) in [6.45, 7) is 7.68. The van der Waals surface area contributed by atoms with Gasteiger partial charge in [-0.1, -0.05) is 70.0 Å². The Balaban J connectivity index is 1.92. The van der Waals surface area contributed by atoms with Crippen molar-refractivity contribution < 1.29 is 14.3 Å². The molecule has 190 valence electrons. The molecule has 7 heteroatoms. The zero-order valence-corrected chi connectivity index (χ0v) is 23.4. The molecule has 3 rings (SSSR count). The Bertz CT molecular complexity index is 1180. The molecule has 3 aromatic carbocycles. The Hall–Kier alpha value is -2.83. The second kappa shape index (κ2) is 12.9. The number of rotatable bonds is 10. The number of carbonyl (C=O) groups is 2. The van der Waals surface area contributed by atoms with E-state index in [1.807, 2.05) is 94.4 Å². The van der Waals surface area contributed by atoms with Crippen molar-refractivity contribution in [3.63, 3.8) is 0 Å². The largest absolute Gasteiger partial charge is 0.484 e. The predicted molar refractivity (Wildman–Crippen MR) is 148 cm³/mol. The molecule has 1 N–H and O–H groups in total. The Kier molecular flexibility index (Phi) is 9.97. The first-order valence-corrected chi connectivity index (χ1v) is 13.1. The van der Waals surface area contributed by atoms with Crippen LogP contribution in [0.4, 0.5) is 0 Å². The molecular weight excluding hydrogens is 540 g/mol. The van der Waals surface area contributed by atoms with Gasteiger partial charge in [-0.15, -0.1) is 0 Å². The van der Waals surface area contributed by atoms with Gasteiger partial charge in [0.2, 0.25) is 5.91 Å². The van der Waals surface area contributed by atoms with Gasteiger partial charge < -0.3 is 15.0 Å². The van der Waals surface area contributed by atoms with Crippen molar-refractivity contribution in [2.24, 2.45) is 0 Å². The van der Waals surface area contributed by atoms with E-state index in [0.717, 1.165) is 26.7 Å². The van der Waals surface area contributed by atoms with Crippen LogP contribution in [-0.2, 0) is 22.6 Å². The third-order valence-electron chi connectivity index (χ3n) is 5.72. The van der Waals surface area contributed by atoms with E-state index < -0.39 is 6.04 Å². The number of amides is 2. The van der Waals surface area contributed by atoms with Crippen LogP contribution in [0.1, 0.15) is 36.1 Å². The lowest BCUT2D eigenvalue weighted by molar-refractivity contribution is -0.143. The first-order chi connectivity index (χ1) is 17.1. The lowest BCUT2D eigenvalue weighted by Gasteiger charge is -2.32. The van der Waals surface area contributed by atoms with Crippen molar-refractivity contribution in [1.29, 1.82) is 0 Å². The van der Waals surface area contributed by atoms with Gasteiger partial charge in [0.15, 0.2) is 6.61 Å². The van der Waals surface area contributed by atoms with Crippen molar-refractivity contribution >= 4 is 39.3 Å². The van der Waals surface area contributed by atoms with Gasteiger partial charge in [-0.25, -0.2) is 0 Å². The average molecular weight is 572 g/mol. The van der Waals surface area contributed by atoms with E-state index >= 15 is 0 Å². The summed E-state index contributed by atoms with van der Waals surface area (Å²) in [6, 6.07) is 20.3. The molecule has 0 saturated heterocycles. The molecule has 3 aromatic rings. The number of carbonyl (C=O) groups excluding carboxylic acids is 2.